The van der Waals surface area contributed by atoms with Gasteiger partial charge in [0.05, 0.1) is 0 Å². The van der Waals surface area contributed by atoms with Gasteiger partial charge in [0.1, 0.15) is 0 Å². The van der Waals surface area contributed by atoms with E-state index in [9.17, 15) is 9.59 Å². The van der Waals surface area contributed by atoms with Crippen LogP contribution in [-0.2, 0) is 9.59 Å². The van der Waals surface area contributed by atoms with Crippen LogP contribution in [0.2, 0.25) is 0 Å². The maximum absolute atomic E-state index is 11.1. The fourth-order valence-corrected chi connectivity index (χ4v) is 2.56. The summed E-state index contributed by atoms with van der Waals surface area (Å²) in [6, 6.07) is 0. The molecule has 0 N–H and O–H groups in total. The van der Waals surface area contributed by atoms with Gasteiger partial charge in [0.15, 0.2) is 5.12 Å². The van der Waals surface area contributed by atoms with Gasteiger partial charge >= 0.3 is 0 Å². The van der Waals surface area contributed by atoms with Gasteiger partial charge in [0, 0.05) is 32.2 Å². The van der Waals surface area contributed by atoms with Gasteiger partial charge in [-0.15, -0.1) is 0 Å². The molecule has 0 spiro atoms. The first-order valence-corrected chi connectivity index (χ1v) is 5.40. The highest BCUT2D eigenvalue weighted by molar-refractivity contribution is 8.14. The normalized spacial score (nSPS) is 22.9. The second kappa shape index (κ2) is 4.65. The van der Waals surface area contributed by atoms with Crippen LogP contribution in [0.1, 0.15) is 26.7 Å². The molecule has 4 heteroatoms. The molecule has 74 valence electrons. The first kappa shape index (κ1) is 10.6. The number of amides is 1. The number of piperidine rings is 1. The van der Waals surface area contributed by atoms with E-state index in [-0.39, 0.29) is 11.0 Å². The van der Waals surface area contributed by atoms with Crippen molar-refractivity contribution < 1.29 is 9.59 Å². The Morgan fingerprint density at radius 1 is 1.38 bits per heavy atom. The molecule has 0 radical (unpaired) electrons. The molecule has 1 atom stereocenters. The van der Waals surface area contributed by atoms with Crippen LogP contribution in [0, 0.1) is 0 Å². The number of nitrogens with zero attached hydrogens (tertiary/aromatic N) is 1. The summed E-state index contributed by atoms with van der Waals surface area (Å²) in [5.74, 6) is 0.119. The number of hydrogen-bond donors (Lipinski definition) is 0. The lowest BCUT2D eigenvalue weighted by Gasteiger charge is -2.30. The summed E-state index contributed by atoms with van der Waals surface area (Å²) in [5.41, 5.74) is 0. The summed E-state index contributed by atoms with van der Waals surface area (Å²) in [4.78, 5) is 23.7. The van der Waals surface area contributed by atoms with Crippen molar-refractivity contribution in [3.05, 3.63) is 0 Å². The largest absolute Gasteiger partial charge is 0.342 e. The van der Waals surface area contributed by atoms with Crippen molar-refractivity contribution in [2.24, 2.45) is 0 Å². The van der Waals surface area contributed by atoms with E-state index in [1.165, 1.54) is 11.8 Å². The highest BCUT2D eigenvalue weighted by Gasteiger charge is 2.22. The molecule has 0 aliphatic carbocycles. The minimum absolute atomic E-state index is 0.119. The van der Waals surface area contributed by atoms with Crippen LogP contribution in [-0.4, -0.2) is 34.3 Å². The number of hydrogen-bond acceptors (Lipinski definition) is 3. The van der Waals surface area contributed by atoms with E-state index in [4.69, 9.17) is 0 Å². The van der Waals surface area contributed by atoms with Crippen LogP contribution in [0.15, 0.2) is 0 Å². The molecule has 1 aliphatic rings. The fraction of sp³-hybridized carbons (Fsp3) is 0.778. The fourth-order valence-electron chi connectivity index (χ4n) is 1.56. The molecule has 1 rings (SSSR count). The Bertz CT molecular complexity index is 218. The van der Waals surface area contributed by atoms with Gasteiger partial charge in [-0.3, -0.25) is 9.59 Å². The zero-order chi connectivity index (χ0) is 9.84. The molecule has 0 aromatic carbocycles. The number of carbonyl (C=O) groups excluding carboxylic acids is 2. The Morgan fingerprint density at radius 3 is 2.62 bits per heavy atom. The van der Waals surface area contributed by atoms with Gasteiger partial charge in [-0.2, -0.15) is 0 Å². The predicted molar refractivity (Wildman–Crippen MR) is 53.5 cm³/mol. The molecular formula is C9H15NO2S. The van der Waals surface area contributed by atoms with E-state index in [0.29, 0.717) is 5.25 Å². The van der Waals surface area contributed by atoms with Crippen LogP contribution < -0.4 is 0 Å². The molecule has 1 heterocycles. The number of likely N-dealkylation sites (tertiary alicyclic amines) is 1. The summed E-state index contributed by atoms with van der Waals surface area (Å²) in [6.07, 6.45) is 2.07. The second-order valence-electron chi connectivity index (χ2n) is 3.34. The van der Waals surface area contributed by atoms with Gasteiger partial charge in [0.2, 0.25) is 5.91 Å². The summed E-state index contributed by atoms with van der Waals surface area (Å²) in [6.45, 7) is 4.75. The highest BCUT2D eigenvalue weighted by Crippen LogP contribution is 2.22. The third-order valence-corrected chi connectivity index (χ3v) is 3.21. The molecule has 1 saturated heterocycles. The van der Waals surface area contributed by atoms with Gasteiger partial charge in [-0.1, -0.05) is 11.8 Å². The van der Waals surface area contributed by atoms with Gasteiger partial charge in [0.25, 0.3) is 0 Å². The van der Waals surface area contributed by atoms with E-state index in [0.717, 1.165) is 25.9 Å². The topological polar surface area (TPSA) is 37.4 Å². The maximum atomic E-state index is 11.1. The Hall–Kier alpha value is -0.510. The molecule has 1 aliphatic heterocycles. The number of carbonyl (C=O) groups is 2. The van der Waals surface area contributed by atoms with E-state index < -0.39 is 0 Å². The third kappa shape index (κ3) is 3.38. The maximum Gasteiger partial charge on any atom is 0.219 e. The minimum Gasteiger partial charge on any atom is -0.342 e. The van der Waals surface area contributed by atoms with Crippen LogP contribution in [0.25, 0.3) is 0 Å². The molecule has 0 bridgehead atoms. The standard InChI is InChI=1S/C9H15NO2S/c1-7(11)10-5-3-4-9(6-10)13-8(2)12/h9H,3-6H2,1-2H3. The zero-order valence-electron chi connectivity index (χ0n) is 8.08. The minimum atomic E-state index is 0.119. The van der Waals surface area contributed by atoms with E-state index in [1.807, 2.05) is 4.90 Å². The van der Waals surface area contributed by atoms with Crippen molar-refractivity contribution >= 4 is 22.8 Å². The van der Waals surface area contributed by atoms with Crippen molar-refractivity contribution in [3.63, 3.8) is 0 Å². The molecular weight excluding hydrogens is 186 g/mol. The van der Waals surface area contributed by atoms with E-state index in [2.05, 4.69) is 0 Å². The summed E-state index contributed by atoms with van der Waals surface area (Å²) >= 11 is 1.36. The Labute approximate surface area is 82.9 Å². The SMILES string of the molecule is CC(=O)SC1CCCN(C(C)=O)C1. The first-order valence-electron chi connectivity index (χ1n) is 4.52. The lowest BCUT2D eigenvalue weighted by atomic mass is 10.1. The number of thioether (sulfide) groups is 1. The summed E-state index contributed by atoms with van der Waals surface area (Å²) in [7, 11) is 0. The molecule has 1 amide bonds. The van der Waals surface area contributed by atoms with E-state index in [1.54, 1.807) is 13.8 Å². The first-order chi connectivity index (χ1) is 6.09. The molecule has 3 nitrogen and oxygen atoms in total. The molecule has 1 fully saturated rings. The van der Waals surface area contributed by atoms with Crippen molar-refractivity contribution in [2.45, 2.75) is 31.9 Å². The Balaban J connectivity index is 2.41. The second-order valence-corrected chi connectivity index (χ2v) is 4.82. The number of rotatable bonds is 1. The molecule has 0 saturated carbocycles. The van der Waals surface area contributed by atoms with Crippen molar-refractivity contribution in [1.82, 2.24) is 4.90 Å². The van der Waals surface area contributed by atoms with Crippen molar-refractivity contribution in [1.29, 1.82) is 0 Å². The van der Waals surface area contributed by atoms with Gasteiger partial charge in [-0.05, 0) is 12.8 Å². The summed E-state index contributed by atoms with van der Waals surface area (Å²) in [5, 5.41) is 0.463. The van der Waals surface area contributed by atoms with Crippen LogP contribution in [0.4, 0.5) is 0 Å². The molecule has 1 unspecified atom stereocenters. The highest BCUT2D eigenvalue weighted by atomic mass is 32.2. The lowest BCUT2D eigenvalue weighted by Crippen LogP contribution is -2.40. The molecule has 13 heavy (non-hydrogen) atoms. The van der Waals surface area contributed by atoms with Crippen molar-refractivity contribution in [2.75, 3.05) is 13.1 Å². The average molecular weight is 201 g/mol. The zero-order valence-corrected chi connectivity index (χ0v) is 8.89. The Kier molecular flexibility index (Phi) is 3.78. The quantitative estimate of drug-likeness (QED) is 0.641. The van der Waals surface area contributed by atoms with E-state index >= 15 is 0 Å². The van der Waals surface area contributed by atoms with Crippen LogP contribution >= 0.6 is 11.8 Å². The van der Waals surface area contributed by atoms with Crippen molar-refractivity contribution in [3.8, 4) is 0 Å². The molecule has 0 aromatic rings. The van der Waals surface area contributed by atoms with Gasteiger partial charge in [-0.25, -0.2) is 0 Å². The van der Waals surface area contributed by atoms with Gasteiger partial charge < -0.3 is 4.90 Å². The average Bonchev–Trinajstić information content (AvgIpc) is 2.03. The third-order valence-electron chi connectivity index (χ3n) is 2.16. The molecule has 0 aromatic heterocycles. The lowest BCUT2D eigenvalue weighted by molar-refractivity contribution is -0.129. The summed E-state index contributed by atoms with van der Waals surface area (Å²) < 4.78 is 0. The smallest absolute Gasteiger partial charge is 0.219 e. The Morgan fingerprint density at radius 2 is 2.08 bits per heavy atom. The van der Waals surface area contributed by atoms with Crippen LogP contribution in [0.5, 0.6) is 0 Å². The predicted octanol–water partition coefficient (Wildman–Crippen LogP) is 1.28. The monoisotopic (exact) mass is 201 g/mol. The van der Waals surface area contributed by atoms with Crippen LogP contribution in [0.3, 0.4) is 0 Å².